The minimum atomic E-state index is -0.902. The van der Waals surface area contributed by atoms with Gasteiger partial charge in [0.2, 0.25) is 0 Å². The minimum absolute atomic E-state index is 0.313. The Balaban J connectivity index is 1.95. The summed E-state index contributed by atoms with van der Waals surface area (Å²) in [6.07, 6.45) is 2.52. The first-order chi connectivity index (χ1) is 9.56. The summed E-state index contributed by atoms with van der Waals surface area (Å²) in [5.41, 5.74) is 1.52. The summed E-state index contributed by atoms with van der Waals surface area (Å²) in [6.45, 7) is 0. The van der Waals surface area contributed by atoms with E-state index < -0.39 is 5.97 Å². The highest BCUT2D eigenvalue weighted by Gasteiger charge is 2.32. The number of hydrogen-bond acceptors (Lipinski definition) is 3. The standard InChI is InChI=1S/C14H11Cl2NO2S/c15-9-2-1-3-10(16)8(9)6-11-17-12(7-4-5-7)13(20-11)14(18)19/h1-3,7H,4-6H2,(H,18,19). The Hall–Kier alpha value is -1.10. The second-order valence-corrected chi connectivity index (χ2v) is 6.68. The highest BCUT2D eigenvalue weighted by Crippen LogP contribution is 2.43. The molecule has 1 aliphatic carbocycles. The summed E-state index contributed by atoms with van der Waals surface area (Å²) in [5.74, 6) is -0.589. The molecule has 3 nitrogen and oxygen atoms in total. The van der Waals surface area contributed by atoms with Crippen LogP contribution in [-0.2, 0) is 6.42 Å². The van der Waals surface area contributed by atoms with Crippen molar-refractivity contribution in [2.75, 3.05) is 0 Å². The predicted molar refractivity (Wildman–Crippen MR) is 80.3 cm³/mol. The van der Waals surface area contributed by atoms with Gasteiger partial charge in [0.25, 0.3) is 0 Å². The molecule has 1 aromatic heterocycles. The van der Waals surface area contributed by atoms with Gasteiger partial charge >= 0.3 is 5.97 Å². The molecule has 1 fully saturated rings. The quantitative estimate of drug-likeness (QED) is 0.891. The summed E-state index contributed by atoms with van der Waals surface area (Å²) in [7, 11) is 0. The largest absolute Gasteiger partial charge is 0.477 e. The number of nitrogens with zero attached hydrogens (tertiary/aromatic N) is 1. The van der Waals surface area contributed by atoms with Crippen molar-refractivity contribution < 1.29 is 9.90 Å². The van der Waals surface area contributed by atoms with Crippen LogP contribution in [0.25, 0.3) is 0 Å². The Morgan fingerprint density at radius 1 is 1.35 bits per heavy atom. The maximum absolute atomic E-state index is 11.3. The molecule has 104 valence electrons. The van der Waals surface area contributed by atoms with Gasteiger partial charge in [0.1, 0.15) is 4.88 Å². The van der Waals surface area contributed by atoms with Gasteiger partial charge in [0, 0.05) is 22.4 Å². The molecule has 0 saturated heterocycles. The topological polar surface area (TPSA) is 50.2 Å². The first-order valence-electron chi connectivity index (χ1n) is 6.22. The van der Waals surface area contributed by atoms with Crippen molar-refractivity contribution in [3.63, 3.8) is 0 Å². The van der Waals surface area contributed by atoms with Gasteiger partial charge < -0.3 is 5.11 Å². The van der Waals surface area contributed by atoms with Crippen LogP contribution in [0.15, 0.2) is 18.2 Å². The van der Waals surface area contributed by atoms with Gasteiger partial charge in [-0.3, -0.25) is 0 Å². The third-order valence-corrected chi connectivity index (χ3v) is 5.01. The van der Waals surface area contributed by atoms with Crippen LogP contribution < -0.4 is 0 Å². The summed E-state index contributed by atoms with van der Waals surface area (Å²) in [6, 6.07) is 5.33. The smallest absolute Gasteiger partial charge is 0.347 e. The van der Waals surface area contributed by atoms with E-state index in [0.29, 0.717) is 27.3 Å². The van der Waals surface area contributed by atoms with Gasteiger partial charge in [-0.15, -0.1) is 11.3 Å². The van der Waals surface area contributed by atoms with E-state index in [4.69, 9.17) is 23.2 Å². The van der Waals surface area contributed by atoms with Crippen molar-refractivity contribution in [1.29, 1.82) is 0 Å². The van der Waals surface area contributed by atoms with Gasteiger partial charge in [0.05, 0.1) is 10.7 Å². The molecule has 3 rings (SSSR count). The predicted octanol–water partition coefficient (Wildman–Crippen LogP) is 4.62. The van der Waals surface area contributed by atoms with Crippen molar-refractivity contribution >= 4 is 40.5 Å². The van der Waals surface area contributed by atoms with Gasteiger partial charge in [-0.2, -0.15) is 0 Å². The van der Waals surface area contributed by atoms with E-state index in [9.17, 15) is 9.90 Å². The second-order valence-electron chi connectivity index (χ2n) is 4.78. The molecule has 1 N–H and O–H groups in total. The van der Waals surface area contributed by atoms with E-state index in [2.05, 4.69) is 4.98 Å². The molecule has 0 unspecified atom stereocenters. The number of carboxylic acids is 1. The lowest BCUT2D eigenvalue weighted by molar-refractivity contribution is 0.0700. The van der Waals surface area contributed by atoms with Crippen molar-refractivity contribution in [3.8, 4) is 0 Å². The molecule has 0 amide bonds. The summed E-state index contributed by atoms with van der Waals surface area (Å²) >= 11 is 13.5. The fourth-order valence-electron chi connectivity index (χ4n) is 2.09. The molecular weight excluding hydrogens is 317 g/mol. The lowest BCUT2D eigenvalue weighted by Gasteiger charge is -2.04. The number of carbonyl (C=O) groups is 1. The molecule has 0 atom stereocenters. The van der Waals surface area contributed by atoms with Gasteiger partial charge in [0.15, 0.2) is 0 Å². The van der Waals surface area contributed by atoms with E-state index in [1.165, 1.54) is 11.3 Å². The number of aromatic carboxylic acids is 1. The van der Waals surface area contributed by atoms with E-state index in [0.717, 1.165) is 29.1 Å². The SMILES string of the molecule is O=C(O)c1sc(Cc2c(Cl)cccc2Cl)nc1C1CC1. The Labute approximate surface area is 130 Å². The van der Waals surface area contributed by atoms with Crippen molar-refractivity contribution in [2.24, 2.45) is 0 Å². The summed E-state index contributed by atoms with van der Waals surface area (Å²) in [4.78, 5) is 16.1. The van der Waals surface area contributed by atoms with Crippen molar-refractivity contribution in [3.05, 3.63) is 49.4 Å². The van der Waals surface area contributed by atoms with Crippen molar-refractivity contribution in [2.45, 2.75) is 25.2 Å². The number of hydrogen-bond donors (Lipinski definition) is 1. The molecule has 0 spiro atoms. The first kappa shape index (κ1) is 13.9. The normalized spacial score (nSPS) is 14.5. The zero-order valence-electron chi connectivity index (χ0n) is 10.4. The first-order valence-corrected chi connectivity index (χ1v) is 7.79. The maximum atomic E-state index is 11.3. The fourth-order valence-corrected chi connectivity index (χ4v) is 3.62. The zero-order valence-corrected chi connectivity index (χ0v) is 12.7. The third kappa shape index (κ3) is 2.68. The Morgan fingerprint density at radius 2 is 2.00 bits per heavy atom. The molecule has 0 radical (unpaired) electrons. The van der Waals surface area contributed by atoms with Crippen molar-refractivity contribution in [1.82, 2.24) is 4.98 Å². The summed E-state index contributed by atoms with van der Waals surface area (Å²) < 4.78 is 0. The van der Waals surface area contributed by atoms with Gasteiger partial charge in [-0.1, -0.05) is 29.3 Å². The molecule has 1 heterocycles. The highest BCUT2D eigenvalue weighted by molar-refractivity contribution is 7.13. The lowest BCUT2D eigenvalue weighted by Crippen LogP contribution is -1.97. The van der Waals surface area contributed by atoms with E-state index in [-0.39, 0.29) is 0 Å². The van der Waals surface area contributed by atoms with E-state index in [1.54, 1.807) is 18.2 Å². The molecule has 0 aliphatic heterocycles. The molecule has 20 heavy (non-hydrogen) atoms. The van der Waals surface area contributed by atoms with E-state index in [1.807, 2.05) is 0 Å². The maximum Gasteiger partial charge on any atom is 0.347 e. The second kappa shape index (κ2) is 5.35. The van der Waals surface area contributed by atoms with Gasteiger partial charge in [-0.05, 0) is 30.5 Å². The molecule has 1 aromatic carbocycles. The average molecular weight is 328 g/mol. The fraction of sp³-hybridized carbons (Fsp3) is 0.286. The number of halogens is 2. The molecular formula is C14H11Cl2NO2S. The molecule has 6 heteroatoms. The van der Waals surface area contributed by atoms with Crippen LogP contribution in [0.2, 0.25) is 10.0 Å². The van der Waals surface area contributed by atoms with Crippen LogP contribution in [0.4, 0.5) is 0 Å². The number of aromatic nitrogens is 1. The van der Waals surface area contributed by atoms with Crippen LogP contribution in [-0.4, -0.2) is 16.1 Å². The Morgan fingerprint density at radius 3 is 2.55 bits per heavy atom. The van der Waals surface area contributed by atoms with E-state index >= 15 is 0 Å². The highest BCUT2D eigenvalue weighted by atomic mass is 35.5. The summed E-state index contributed by atoms with van der Waals surface area (Å²) in [5, 5.41) is 11.2. The van der Waals surface area contributed by atoms with Gasteiger partial charge in [-0.25, -0.2) is 9.78 Å². The van der Waals surface area contributed by atoms with Crippen LogP contribution in [0.5, 0.6) is 0 Å². The van der Waals surface area contributed by atoms with Crippen LogP contribution >= 0.6 is 34.5 Å². The Kier molecular flexibility index (Phi) is 3.71. The van der Waals surface area contributed by atoms with Crippen LogP contribution in [0, 0.1) is 0 Å². The molecule has 2 aromatic rings. The number of carboxylic acid groups (broad SMARTS) is 1. The number of rotatable bonds is 4. The molecule has 1 saturated carbocycles. The number of benzene rings is 1. The zero-order chi connectivity index (χ0) is 14.3. The molecule has 1 aliphatic rings. The van der Waals surface area contributed by atoms with Crippen LogP contribution in [0.3, 0.4) is 0 Å². The average Bonchev–Trinajstić information content (AvgIpc) is 3.15. The third-order valence-electron chi connectivity index (χ3n) is 3.25. The number of thiazole rings is 1. The minimum Gasteiger partial charge on any atom is -0.477 e. The molecule has 0 bridgehead atoms. The lowest BCUT2D eigenvalue weighted by atomic mass is 10.1. The Bertz CT molecular complexity index is 660. The van der Waals surface area contributed by atoms with Crippen LogP contribution in [0.1, 0.15) is 44.7 Å². The monoisotopic (exact) mass is 327 g/mol.